The Morgan fingerprint density at radius 2 is 2.12 bits per heavy atom. The number of benzene rings is 1. The van der Waals surface area contributed by atoms with Crippen LogP contribution in [-0.2, 0) is 9.53 Å². The van der Waals surface area contributed by atoms with E-state index >= 15 is 0 Å². The van der Waals surface area contributed by atoms with Crippen molar-refractivity contribution in [3.05, 3.63) is 46.3 Å². The molecule has 6 nitrogen and oxygen atoms in total. The molecule has 0 spiro atoms. The van der Waals surface area contributed by atoms with Crippen LogP contribution in [0.5, 0.6) is 0 Å². The van der Waals surface area contributed by atoms with Crippen molar-refractivity contribution in [1.82, 2.24) is 0 Å². The van der Waals surface area contributed by atoms with E-state index < -0.39 is 18.1 Å². The Morgan fingerprint density at radius 1 is 1.50 bits per heavy atom. The number of carboxylic acid groups (broad SMARTS) is 1. The van der Waals surface area contributed by atoms with E-state index in [9.17, 15) is 4.79 Å². The molecule has 1 rings (SSSR count). The minimum absolute atomic E-state index is 0.606. The third kappa shape index (κ3) is 2.73. The highest BCUT2D eigenvalue weighted by molar-refractivity contribution is 5.73. The van der Waals surface area contributed by atoms with Gasteiger partial charge in [-0.25, -0.2) is 4.79 Å². The zero-order valence-corrected chi connectivity index (χ0v) is 8.65. The Balaban J connectivity index is 3.08. The van der Waals surface area contributed by atoms with Crippen LogP contribution in [-0.4, -0.2) is 24.3 Å². The Labute approximate surface area is 92.1 Å². The van der Waals surface area contributed by atoms with Crippen LogP contribution >= 0.6 is 0 Å². The quantitative estimate of drug-likeness (QED) is 0.468. The van der Waals surface area contributed by atoms with Gasteiger partial charge in [0.1, 0.15) is 0 Å². The first-order chi connectivity index (χ1) is 7.70. The summed E-state index contributed by atoms with van der Waals surface area (Å²) in [4.78, 5) is 13.6. The van der Waals surface area contributed by atoms with Gasteiger partial charge in [0.2, 0.25) is 0 Å². The first-order valence-electron chi connectivity index (χ1n) is 4.55. The van der Waals surface area contributed by atoms with Crippen molar-refractivity contribution < 1.29 is 14.6 Å². The summed E-state index contributed by atoms with van der Waals surface area (Å²) < 4.78 is 4.82. The topological polar surface area (TPSA) is 95.3 Å². The number of carbonyl (C=O) groups is 1. The fourth-order valence-electron chi connectivity index (χ4n) is 1.37. The van der Waals surface area contributed by atoms with Gasteiger partial charge in [-0.2, -0.15) is 0 Å². The van der Waals surface area contributed by atoms with E-state index in [4.69, 9.17) is 15.4 Å². The lowest BCUT2D eigenvalue weighted by Crippen LogP contribution is -2.28. The average molecular weight is 221 g/mol. The van der Waals surface area contributed by atoms with Crippen molar-refractivity contribution in [2.45, 2.75) is 12.1 Å². The maximum absolute atomic E-state index is 10.9. The highest BCUT2D eigenvalue weighted by atomic mass is 16.5. The first kappa shape index (κ1) is 12.0. The minimum atomic E-state index is -1.18. The van der Waals surface area contributed by atoms with Crippen LogP contribution in [0.2, 0.25) is 0 Å². The molecule has 0 fully saturated rings. The minimum Gasteiger partial charge on any atom is -0.479 e. The monoisotopic (exact) mass is 221 g/mol. The fourth-order valence-corrected chi connectivity index (χ4v) is 1.37. The number of ether oxygens (including phenoxy) is 1. The normalized spacial score (nSPS) is 13.6. The Morgan fingerprint density at radius 3 is 2.56 bits per heavy atom. The molecule has 1 aromatic carbocycles. The second kappa shape index (κ2) is 5.75. The zero-order valence-electron chi connectivity index (χ0n) is 8.65. The molecule has 0 amide bonds. The van der Waals surface area contributed by atoms with Gasteiger partial charge in [0.25, 0.3) is 0 Å². The predicted octanol–water partition coefficient (Wildman–Crippen LogP) is 2.14. The lowest BCUT2D eigenvalue weighted by Gasteiger charge is -2.18. The predicted molar refractivity (Wildman–Crippen MR) is 56.8 cm³/mol. The van der Waals surface area contributed by atoms with Gasteiger partial charge in [-0.1, -0.05) is 35.4 Å². The van der Waals surface area contributed by atoms with Crippen LogP contribution < -0.4 is 0 Å². The van der Waals surface area contributed by atoms with E-state index in [-0.39, 0.29) is 0 Å². The molecule has 1 N–H and O–H groups in total. The lowest BCUT2D eigenvalue weighted by molar-refractivity contribution is -0.149. The standard InChI is InChI=1S/C10H11N3O3/c1-16-9(10(14)15)8(12-13-11)7-5-3-2-4-6-7/h2-6,8-9H,1H3,(H,14,15)/t8-,9-/m0/s1. The average Bonchev–Trinajstić information content (AvgIpc) is 2.29. The van der Waals surface area contributed by atoms with Gasteiger partial charge in [0, 0.05) is 12.0 Å². The molecule has 0 saturated carbocycles. The molecule has 84 valence electrons. The van der Waals surface area contributed by atoms with Crippen molar-refractivity contribution in [3.63, 3.8) is 0 Å². The number of hydrogen-bond acceptors (Lipinski definition) is 3. The van der Waals surface area contributed by atoms with Crippen LogP contribution in [0, 0.1) is 0 Å². The number of aliphatic carboxylic acids is 1. The van der Waals surface area contributed by atoms with Gasteiger partial charge in [0.05, 0.1) is 6.04 Å². The second-order valence-corrected chi connectivity index (χ2v) is 3.05. The Kier molecular flexibility index (Phi) is 4.32. The summed E-state index contributed by atoms with van der Waals surface area (Å²) in [7, 11) is 1.27. The highest BCUT2D eigenvalue weighted by Crippen LogP contribution is 2.23. The molecular formula is C10H11N3O3. The number of carboxylic acids is 1. The molecule has 0 aliphatic carbocycles. The maximum Gasteiger partial charge on any atom is 0.333 e. The van der Waals surface area contributed by atoms with Gasteiger partial charge in [-0.05, 0) is 11.1 Å². The molecule has 0 aliphatic rings. The molecular weight excluding hydrogens is 210 g/mol. The van der Waals surface area contributed by atoms with Gasteiger partial charge in [-0.3, -0.25) is 0 Å². The van der Waals surface area contributed by atoms with Crippen molar-refractivity contribution in [1.29, 1.82) is 0 Å². The Hall–Kier alpha value is -2.04. The molecule has 6 heteroatoms. The molecule has 0 heterocycles. The van der Waals surface area contributed by atoms with Gasteiger partial charge < -0.3 is 9.84 Å². The SMILES string of the molecule is CO[C@H](C(=O)O)[C@@H](N=[N+]=[N-])c1ccccc1. The van der Waals surface area contributed by atoms with Gasteiger partial charge in [0.15, 0.2) is 6.10 Å². The molecule has 1 aromatic rings. The summed E-state index contributed by atoms with van der Waals surface area (Å²) in [6, 6.07) is 7.78. The molecule has 0 radical (unpaired) electrons. The number of methoxy groups -OCH3 is 1. The third-order valence-corrected chi connectivity index (χ3v) is 2.10. The summed E-state index contributed by atoms with van der Waals surface area (Å²) in [5.41, 5.74) is 9.04. The summed E-state index contributed by atoms with van der Waals surface area (Å²) >= 11 is 0. The molecule has 16 heavy (non-hydrogen) atoms. The molecule has 0 aromatic heterocycles. The second-order valence-electron chi connectivity index (χ2n) is 3.05. The molecule has 0 aliphatic heterocycles. The highest BCUT2D eigenvalue weighted by Gasteiger charge is 2.28. The molecule has 0 bridgehead atoms. The smallest absolute Gasteiger partial charge is 0.333 e. The van der Waals surface area contributed by atoms with E-state index in [1.807, 2.05) is 0 Å². The summed E-state index contributed by atoms with van der Waals surface area (Å²) in [5.74, 6) is -1.16. The molecule has 2 atom stereocenters. The Bertz CT molecular complexity index is 401. The van der Waals surface area contributed by atoms with Crippen LogP contribution in [0.25, 0.3) is 10.4 Å². The van der Waals surface area contributed by atoms with Crippen molar-refractivity contribution in [3.8, 4) is 0 Å². The number of rotatable bonds is 5. The summed E-state index contributed by atoms with van der Waals surface area (Å²) in [5, 5.41) is 12.4. The van der Waals surface area contributed by atoms with E-state index in [2.05, 4.69) is 10.0 Å². The van der Waals surface area contributed by atoms with Crippen molar-refractivity contribution >= 4 is 5.97 Å². The number of hydrogen-bond donors (Lipinski definition) is 1. The van der Waals surface area contributed by atoms with Crippen LogP contribution in [0.1, 0.15) is 11.6 Å². The van der Waals surface area contributed by atoms with Crippen molar-refractivity contribution in [2.24, 2.45) is 5.11 Å². The first-order valence-corrected chi connectivity index (χ1v) is 4.55. The van der Waals surface area contributed by atoms with E-state index in [1.165, 1.54) is 7.11 Å². The lowest BCUT2D eigenvalue weighted by atomic mass is 10.0. The number of nitrogens with zero attached hydrogens (tertiary/aromatic N) is 3. The zero-order chi connectivity index (χ0) is 12.0. The maximum atomic E-state index is 10.9. The molecule has 0 unspecified atom stereocenters. The fraction of sp³-hybridized carbons (Fsp3) is 0.300. The van der Waals surface area contributed by atoms with Crippen LogP contribution in [0.15, 0.2) is 35.4 Å². The van der Waals surface area contributed by atoms with E-state index in [1.54, 1.807) is 30.3 Å². The van der Waals surface area contributed by atoms with Crippen molar-refractivity contribution in [2.75, 3.05) is 7.11 Å². The van der Waals surface area contributed by atoms with Crippen LogP contribution in [0.4, 0.5) is 0 Å². The van der Waals surface area contributed by atoms with E-state index in [0.29, 0.717) is 5.56 Å². The number of azide groups is 1. The summed E-state index contributed by atoms with van der Waals surface area (Å²) in [6.45, 7) is 0. The van der Waals surface area contributed by atoms with Gasteiger partial charge in [-0.15, -0.1) is 0 Å². The van der Waals surface area contributed by atoms with Gasteiger partial charge >= 0.3 is 5.97 Å². The van der Waals surface area contributed by atoms with Crippen LogP contribution in [0.3, 0.4) is 0 Å². The third-order valence-electron chi connectivity index (χ3n) is 2.10. The summed E-state index contributed by atoms with van der Waals surface area (Å²) in [6.07, 6.45) is -1.18. The largest absolute Gasteiger partial charge is 0.479 e. The molecule has 0 saturated heterocycles. The van der Waals surface area contributed by atoms with E-state index in [0.717, 1.165) is 0 Å².